The Morgan fingerprint density at radius 1 is 1.37 bits per heavy atom. The smallest absolute Gasteiger partial charge is 0.310 e. The monoisotopic (exact) mass is 264 g/mol. The predicted molar refractivity (Wildman–Crippen MR) is 71.9 cm³/mol. The van der Waals surface area contributed by atoms with E-state index >= 15 is 0 Å². The van der Waals surface area contributed by atoms with E-state index < -0.39 is 11.9 Å². The molecule has 19 heavy (non-hydrogen) atoms. The molecular weight excluding hydrogens is 244 g/mol. The summed E-state index contributed by atoms with van der Waals surface area (Å²) < 4.78 is 11.3. The first kappa shape index (κ1) is 13.7. The number of rotatable bonds is 5. The predicted octanol–water partition coefficient (Wildman–Crippen LogP) is 3.20. The van der Waals surface area contributed by atoms with Crippen molar-refractivity contribution in [1.82, 2.24) is 0 Å². The minimum atomic E-state index is -0.857. The summed E-state index contributed by atoms with van der Waals surface area (Å²) in [6.07, 6.45) is 4.57. The molecule has 1 N–H and O–H groups in total. The lowest BCUT2D eigenvalue weighted by Gasteiger charge is -2.20. The van der Waals surface area contributed by atoms with Crippen LogP contribution in [0.4, 0.5) is 0 Å². The quantitative estimate of drug-likeness (QED) is 0.887. The van der Waals surface area contributed by atoms with Gasteiger partial charge in [0.2, 0.25) is 0 Å². The average Bonchev–Trinajstić information content (AvgIpc) is 2.91. The maximum atomic E-state index is 11.2. The lowest BCUT2D eigenvalue weighted by atomic mass is 10.00. The number of methoxy groups -OCH3 is 1. The number of para-hydroxylation sites is 1. The summed E-state index contributed by atoms with van der Waals surface area (Å²) in [7, 11) is 1.58. The fourth-order valence-electron chi connectivity index (χ4n) is 2.47. The van der Waals surface area contributed by atoms with E-state index in [0.717, 1.165) is 12.8 Å². The second kappa shape index (κ2) is 5.95. The molecule has 1 saturated carbocycles. The highest BCUT2D eigenvalue weighted by molar-refractivity contribution is 5.77. The van der Waals surface area contributed by atoms with E-state index in [1.54, 1.807) is 26.2 Å². The van der Waals surface area contributed by atoms with Crippen LogP contribution in [-0.4, -0.2) is 24.3 Å². The molecule has 1 fully saturated rings. The second-order valence-electron chi connectivity index (χ2n) is 4.96. The maximum Gasteiger partial charge on any atom is 0.310 e. The Kier molecular flexibility index (Phi) is 4.30. The molecule has 4 nitrogen and oxygen atoms in total. The molecule has 0 heterocycles. The Labute approximate surface area is 113 Å². The largest absolute Gasteiger partial charge is 0.493 e. The van der Waals surface area contributed by atoms with Gasteiger partial charge in [-0.3, -0.25) is 4.79 Å². The zero-order valence-corrected chi connectivity index (χ0v) is 11.4. The van der Waals surface area contributed by atoms with Crippen molar-refractivity contribution in [3.8, 4) is 11.5 Å². The van der Waals surface area contributed by atoms with Crippen LogP contribution in [0.25, 0.3) is 0 Å². The minimum absolute atomic E-state index is 0.177. The minimum Gasteiger partial charge on any atom is -0.493 e. The number of benzene rings is 1. The van der Waals surface area contributed by atoms with Crippen LogP contribution in [0, 0.1) is 0 Å². The van der Waals surface area contributed by atoms with Gasteiger partial charge in [-0.2, -0.15) is 0 Å². The van der Waals surface area contributed by atoms with Gasteiger partial charge in [0.1, 0.15) is 0 Å². The van der Waals surface area contributed by atoms with E-state index in [9.17, 15) is 9.90 Å². The Morgan fingerprint density at radius 3 is 2.63 bits per heavy atom. The fraction of sp³-hybridized carbons (Fsp3) is 0.533. The van der Waals surface area contributed by atoms with Gasteiger partial charge >= 0.3 is 5.97 Å². The van der Waals surface area contributed by atoms with Crippen LogP contribution in [0.15, 0.2) is 18.2 Å². The molecule has 1 aliphatic rings. The van der Waals surface area contributed by atoms with Gasteiger partial charge in [0.15, 0.2) is 11.5 Å². The molecule has 0 aromatic heterocycles. The van der Waals surface area contributed by atoms with Crippen LogP contribution in [-0.2, 0) is 4.79 Å². The van der Waals surface area contributed by atoms with Crippen molar-refractivity contribution in [3.63, 3.8) is 0 Å². The molecule has 4 heteroatoms. The highest BCUT2D eigenvalue weighted by atomic mass is 16.5. The Morgan fingerprint density at radius 2 is 2.05 bits per heavy atom. The molecule has 1 aromatic carbocycles. The van der Waals surface area contributed by atoms with Crippen molar-refractivity contribution in [2.45, 2.75) is 44.6 Å². The molecule has 0 saturated heterocycles. The fourth-order valence-corrected chi connectivity index (χ4v) is 2.47. The first-order valence-electron chi connectivity index (χ1n) is 6.70. The highest BCUT2D eigenvalue weighted by Crippen LogP contribution is 2.38. The number of ether oxygens (including phenoxy) is 2. The molecule has 0 spiro atoms. The van der Waals surface area contributed by atoms with Crippen LogP contribution >= 0.6 is 0 Å². The zero-order chi connectivity index (χ0) is 13.8. The van der Waals surface area contributed by atoms with E-state index in [1.165, 1.54) is 12.8 Å². The van der Waals surface area contributed by atoms with E-state index in [-0.39, 0.29) is 6.10 Å². The summed E-state index contributed by atoms with van der Waals surface area (Å²) in [4.78, 5) is 11.2. The number of carboxylic acid groups (broad SMARTS) is 1. The van der Waals surface area contributed by atoms with Gasteiger partial charge in [0.05, 0.1) is 19.1 Å². The number of carboxylic acids is 1. The van der Waals surface area contributed by atoms with Gasteiger partial charge < -0.3 is 14.6 Å². The van der Waals surface area contributed by atoms with Crippen molar-refractivity contribution >= 4 is 5.97 Å². The summed E-state index contributed by atoms with van der Waals surface area (Å²) in [5.74, 6) is -0.264. The third-order valence-electron chi connectivity index (χ3n) is 3.65. The van der Waals surface area contributed by atoms with Gasteiger partial charge in [-0.25, -0.2) is 0 Å². The SMILES string of the molecule is COc1cccc(C(C)C(=O)O)c1OC1CCCC1. The maximum absolute atomic E-state index is 11.2. The topological polar surface area (TPSA) is 55.8 Å². The van der Waals surface area contributed by atoms with E-state index in [1.807, 2.05) is 6.07 Å². The molecule has 1 aliphatic carbocycles. The van der Waals surface area contributed by atoms with Gasteiger partial charge in [-0.1, -0.05) is 12.1 Å². The molecule has 1 unspecified atom stereocenters. The number of carbonyl (C=O) groups is 1. The summed E-state index contributed by atoms with van der Waals surface area (Å²) in [5.41, 5.74) is 0.679. The summed E-state index contributed by atoms with van der Waals surface area (Å²) in [6, 6.07) is 5.41. The van der Waals surface area contributed by atoms with Crippen LogP contribution in [0.2, 0.25) is 0 Å². The van der Waals surface area contributed by atoms with Crippen LogP contribution in [0.1, 0.15) is 44.1 Å². The molecule has 1 aromatic rings. The van der Waals surface area contributed by atoms with Gasteiger partial charge in [0.25, 0.3) is 0 Å². The van der Waals surface area contributed by atoms with Gasteiger partial charge in [-0.15, -0.1) is 0 Å². The zero-order valence-electron chi connectivity index (χ0n) is 11.4. The van der Waals surface area contributed by atoms with Crippen molar-refractivity contribution in [1.29, 1.82) is 0 Å². The van der Waals surface area contributed by atoms with Crippen molar-refractivity contribution < 1.29 is 19.4 Å². The third kappa shape index (κ3) is 3.00. The number of aliphatic carboxylic acids is 1. The third-order valence-corrected chi connectivity index (χ3v) is 3.65. The Bertz CT molecular complexity index is 449. The van der Waals surface area contributed by atoms with Gasteiger partial charge in [-0.05, 0) is 38.7 Å². The van der Waals surface area contributed by atoms with Crippen LogP contribution in [0.3, 0.4) is 0 Å². The second-order valence-corrected chi connectivity index (χ2v) is 4.96. The Balaban J connectivity index is 2.33. The molecule has 1 atom stereocenters. The highest BCUT2D eigenvalue weighted by Gasteiger charge is 2.25. The van der Waals surface area contributed by atoms with Crippen molar-refractivity contribution in [3.05, 3.63) is 23.8 Å². The van der Waals surface area contributed by atoms with E-state index in [2.05, 4.69) is 0 Å². The summed E-state index contributed by atoms with van der Waals surface area (Å²) in [5, 5.41) is 9.19. The summed E-state index contributed by atoms with van der Waals surface area (Å²) >= 11 is 0. The first-order valence-corrected chi connectivity index (χ1v) is 6.70. The lowest BCUT2D eigenvalue weighted by Crippen LogP contribution is -2.16. The molecule has 0 bridgehead atoms. The number of hydrogen-bond donors (Lipinski definition) is 1. The molecule has 104 valence electrons. The molecule has 0 aliphatic heterocycles. The van der Waals surface area contributed by atoms with Crippen LogP contribution in [0.5, 0.6) is 11.5 Å². The van der Waals surface area contributed by atoms with Crippen molar-refractivity contribution in [2.24, 2.45) is 0 Å². The Hall–Kier alpha value is -1.71. The van der Waals surface area contributed by atoms with Gasteiger partial charge in [0, 0.05) is 5.56 Å². The lowest BCUT2D eigenvalue weighted by molar-refractivity contribution is -0.138. The number of hydrogen-bond acceptors (Lipinski definition) is 3. The summed E-state index contributed by atoms with van der Waals surface area (Å²) in [6.45, 7) is 1.67. The van der Waals surface area contributed by atoms with E-state index in [0.29, 0.717) is 17.1 Å². The normalized spacial score (nSPS) is 17.2. The molecule has 0 amide bonds. The standard InChI is InChI=1S/C15H20O4/c1-10(15(16)17)12-8-5-9-13(18-2)14(12)19-11-6-3-4-7-11/h5,8-11H,3-4,6-7H2,1-2H3,(H,16,17). The van der Waals surface area contributed by atoms with E-state index in [4.69, 9.17) is 9.47 Å². The molecular formula is C15H20O4. The van der Waals surface area contributed by atoms with Crippen molar-refractivity contribution in [2.75, 3.05) is 7.11 Å². The molecule has 0 radical (unpaired) electrons. The average molecular weight is 264 g/mol. The van der Waals surface area contributed by atoms with Crippen LogP contribution < -0.4 is 9.47 Å². The molecule has 2 rings (SSSR count). The first-order chi connectivity index (χ1) is 9.13.